The molecule has 12 heteroatoms. The highest BCUT2D eigenvalue weighted by Crippen LogP contribution is 2.38. The quantitative estimate of drug-likeness (QED) is 0.243. The van der Waals surface area contributed by atoms with Gasteiger partial charge in [0.2, 0.25) is 11.8 Å². The van der Waals surface area contributed by atoms with Crippen LogP contribution in [-0.4, -0.2) is 43.7 Å². The van der Waals surface area contributed by atoms with E-state index in [1.165, 1.54) is 34.8 Å². The van der Waals surface area contributed by atoms with Gasteiger partial charge in [-0.05, 0) is 56.2 Å². The van der Waals surface area contributed by atoms with E-state index < -0.39 is 17.8 Å². The van der Waals surface area contributed by atoms with Gasteiger partial charge in [0.05, 0.1) is 18.1 Å². The minimum Gasteiger partial charge on any atom is -0.419 e. The second-order valence-electron chi connectivity index (χ2n) is 10.4. The second kappa shape index (κ2) is 10.8. The Bertz CT molecular complexity index is 1680. The molecule has 6 rings (SSSR count). The Kier molecular flexibility index (Phi) is 7.22. The lowest BCUT2D eigenvalue weighted by atomic mass is 9.94. The number of halogens is 2. The number of amides is 1. The first-order valence-corrected chi connectivity index (χ1v) is 14.7. The lowest BCUT2D eigenvalue weighted by Gasteiger charge is -2.23. The molecule has 2 aromatic carbocycles. The summed E-state index contributed by atoms with van der Waals surface area (Å²) in [5, 5.41) is 13.6. The van der Waals surface area contributed by atoms with Crippen LogP contribution in [-0.2, 0) is 12.0 Å². The third kappa shape index (κ3) is 5.67. The van der Waals surface area contributed by atoms with E-state index in [0.717, 1.165) is 16.3 Å². The van der Waals surface area contributed by atoms with E-state index in [0.29, 0.717) is 28.1 Å². The summed E-state index contributed by atoms with van der Waals surface area (Å²) in [5.41, 5.74) is 8.73. The van der Waals surface area contributed by atoms with Crippen molar-refractivity contribution >= 4 is 28.6 Å². The van der Waals surface area contributed by atoms with E-state index in [9.17, 15) is 13.6 Å². The van der Waals surface area contributed by atoms with Gasteiger partial charge in [0, 0.05) is 45.8 Å². The third-order valence-corrected chi connectivity index (χ3v) is 8.82. The van der Waals surface area contributed by atoms with Gasteiger partial charge in [0.25, 0.3) is 5.91 Å². The van der Waals surface area contributed by atoms with Gasteiger partial charge in [-0.3, -0.25) is 4.79 Å². The molecule has 1 unspecified atom stereocenters. The van der Waals surface area contributed by atoms with Crippen molar-refractivity contribution in [1.29, 1.82) is 0 Å². The molecular weight excluding hydrogens is 566 g/mol. The molecule has 3 atom stereocenters. The number of carbonyl (C=O) groups is 1. The van der Waals surface area contributed by atoms with Crippen LogP contribution < -0.4 is 5.73 Å². The van der Waals surface area contributed by atoms with Crippen molar-refractivity contribution in [3.8, 4) is 22.0 Å². The van der Waals surface area contributed by atoms with Gasteiger partial charge in [0.1, 0.15) is 22.0 Å². The van der Waals surface area contributed by atoms with E-state index in [1.54, 1.807) is 42.3 Å². The molecule has 1 aliphatic rings. The number of likely N-dealkylation sites (tertiary alicyclic amines) is 1. The van der Waals surface area contributed by atoms with Crippen molar-refractivity contribution in [2.75, 3.05) is 6.54 Å². The molecule has 3 aromatic heterocycles. The van der Waals surface area contributed by atoms with Crippen molar-refractivity contribution in [3.05, 3.63) is 93.0 Å². The van der Waals surface area contributed by atoms with Crippen LogP contribution in [0.1, 0.15) is 51.9 Å². The first-order valence-electron chi connectivity index (χ1n) is 13.0. The highest BCUT2D eigenvalue weighted by molar-refractivity contribution is 7.13. The van der Waals surface area contributed by atoms with Gasteiger partial charge in [-0.25, -0.2) is 18.7 Å². The SMILES string of the molecule is Cc1csc([C@H]2C[C@H](F)CN2C(=O)c2cc(-c3nnc(C(C)(N)Cc4ccc(F)cc4)o3)cc(-c3nccs3)c2)n1. The topological polar surface area (TPSA) is 111 Å². The zero-order chi connectivity index (χ0) is 28.7. The Hall–Kier alpha value is -3.87. The van der Waals surface area contributed by atoms with Crippen LogP contribution in [0.4, 0.5) is 8.78 Å². The average Bonchev–Trinajstić information content (AvgIpc) is 3.76. The van der Waals surface area contributed by atoms with Crippen molar-refractivity contribution in [3.63, 3.8) is 0 Å². The van der Waals surface area contributed by atoms with Crippen LogP contribution in [0.2, 0.25) is 0 Å². The number of nitrogens with zero attached hydrogens (tertiary/aromatic N) is 5. The zero-order valence-electron chi connectivity index (χ0n) is 22.3. The number of rotatable bonds is 7. The maximum Gasteiger partial charge on any atom is 0.254 e. The fourth-order valence-corrected chi connectivity index (χ4v) is 6.52. The van der Waals surface area contributed by atoms with Gasteiger partial charge in [-0.2, -0.15) is 0 Å². The molecular formula is C29H26F2N6O2S2. The predicted octanol–water partition coefficient (Wildman–Crippen LogP) is 6.11. The lowest BCUT2D eigenvalue weighted by molar-refractivity contribution is 0.0728. The lowest BCUT2D eigenvalue weighted by Crippen LogP contribution is -2.35. The minimum atomic E-state index is -1.14. The monoisotopic (exact) mass is 592 g/mol. The van der Waals surface area contributed by atoms with Gasteiger partial charge in [-0.15, -0.1) is 32.9 Å². The minimum absolute atomic E-state index is 0.0153. The largest absolute Gasteiger partial charge is 0.419 e. The Labute approximate surface area is 242 Å². The molecule has 4 heterocycles. The van der Waals surface area contributed by atoms with Crippen LogP contribution in [0.5, 0.6) is 0 Å². The summed E-state index contributed by atoms with van der Waals surface area (Å²) in [7, 11) is 0. The van der Waals surface area contributed by atoms with E-state index in [-0.39, 0.29) is 36.5 Å². The molecule has 1 fully saturated rings. The fourth-order valence-electron chi connectivity index (χ4n) is 4.97. The number of alkyl halides is 1. The van der Waals surface area contributed by atoms with E-state index in [4.69, 9.17) is 10.2 Å². The molecule has 8 nitrogen and oxygen atoms in total. The molecule has 1 amide bonds. The van der Waals surface area contributed by atoms with Gasteiger partial charge < -0.3 is 15.1 Å². The maximum atomic E-state index is 14.6. The molecule has 2 N–H and O–H groups in total. The third-order valence-electron chi connectivity index (χ3n) is 6.94. The van der Waals surface area contributed by atoms with E-state index >= 15 is 0 Å². The molecule has 1 aliphatic heterocycles. The number of benzene rings is 2. The highest BCUT2D eigenvalue weighted by atomic mass is 32.1. The van der Waals surface area contributed by atoms with Crippen LogP contribution >= 0.6 is 22.7 Å². The average molecular weight is 593 g/mol. The predicted molar refractivity (Wildman–Crippen MR) is 153 cm³/mol. The Morgan fingerprint density at radius 1 is 1.17 bits per heavy atom. The van der Waals surface area contributed by atoms with Crippen molar-refractivity contribution in [1.82, 2.24) is 25.1 Å². The van der Waals surface area contributed by atoms with Crippen molar-refractivity contribution < 1.29 is 18.0 Å². The summed E-state index contributed by atoms with van der Waals surface area (Å²) in [6, 6.07) is 10.9. The first-order chi connectivity index (χ1) is 19.7. The molecule has 0 aliphatic carbocycles. The van der Waals surface area contributed by atoms with Crippen molar-refractivity contribution in [2.24, 2.45) is 5.73 Å². The Balaban J connectivity index is 1.34. The summed E-state index contributed by atoms with van der Waals surface area (Å²) >= 11 is 2.86. The molecule has 0 bridgehead atoms. The fraction of sp³-hybridized carbons (Fsp3) is 0.276. The summed E-state index contributed by atoms with van der Waals surface area (Å²) in [5.74, 6) is -0.270. The van der Waals surface area contributed by atoms with Gasteiger partial charge in [0.15, 0.2) is 0 Å². The summed E-state index contributed by atoms with van der Waals surface area (Å²) in [4.78, 5) is 24.4. The molecule has 41 heavy (non-hydrogen) atoms. The van der Waals surface area contributed by atoms with E-state index in [2.05, 4.69) is 20.2 Å². The van der Waals surface area contributed by atoms with Gasteiger partial charge >= 0.3 is 0 Å². The van der Waals surface area contributed by atoms with Crippen LogP contribution in [0.25, 0.3) is 22.0 Å². The summed E-state index contributed by atoms with van der Waals surface area (Å²) in [6.07, 6.45) is 1.09. The van der Waals surface area contributed by atoms with Crippen LogP contribution in [0.15, 0.2) is 63.8 Å². The number of aromatic nitrogens is 4. The molecule has 0 spiro atoms. The summed E-state index contributed by atoms with van der Waals surface area (Å²) in [6.45, 7) is 3.62. The Morgan fingerprint density at radius 2 is 1.95 bits per heavy atom. The number of nitrogens with two attached hydrogens (primary N) is 1. The molecule has 0 saturated carbocycles. The molecule has 0 radical (unpaired) electrons. The molecule has 5 aromatic rings. The standard InChI is InChI=1S/C29H26F2N6O2S2/c1-16-15-41-26(34-16)23-12-22(31)14-37(23)27(38)20-10-18(9-19(11-20)25-33-7-8-40-25)24-35-36-28(39-24)29(2,32)13-17-3-5-21(30)6-4-17/h3-11,15,22-23H,12-14,32H2,1-2H3/t22-,23+,29?/m0/s1. The summed E-state index contributed by atoms with van der Waals surface area (Å²) < 4.78 is 34.0. The smallest absolute Gasteiger partial charge is 0.254 e. The Morgan fingerprint density at radius 3 is 2.66 bits per heavy atom. The van der Waals surface area contributed by atoms with Crippen LogP contribution in [0, 0.1) is 12.7 Å². The van der Waals surface area contributed by atoms with Crippen LogP contribution in [0.3, 0.4) is 0 Å². The number of thiazole rings is 2. The number of hydrogen-bond donors (Lipinski definition) is 1. The first kappa shape index (κ1) is 27.3. The zero-order valence-corrected chi connectivity index (χ0v) is 23.9. The molecule has 210 valence electrons. The number of aryl methyl sites for hydroxylation is 1. The second-order valence-corrected chi connectivity index (χ2v) is 12.2. The number of carbonyl (C=O) groups excluding carboxylic acids is 1. The highest BCUT2D eigenvalue weighted by Gasteiger charge is 2.38. The van der Waals surface area contributed by atoms with Crippen molar-refractivity contribution in [2.45, 2.75) is 44.4 Å². The normalized spacial score (nSPS) is 18.5. The van der Waals surface area contributed by atoms with E-state index in [1.807, 2.05) is 23.8 Å². The number of hydrogen-bond acceptors (Lipinski definition) is 9. The maximum absolute atomic E-state index is 14.6. The molecule has 1 saturated heterocycles. The van der Waals surface area contributed by atoms with Gasteiger partial charge in [-0.1, -0.05) is 12.1 Å².